The summed E-state index contributed by atoms with van der Waals surface area (Å²) in [6.07, 6.45) is 8.36. The maximum Gasteiger partial charge on any atom is 0.126 e. The average Bonchev–Trinajstić information content (AvgIpc) is 2.54. The van der Waals surface area contributed by atoms with E-state index in [1.807, 2.05) is 23.9 Å². The van der Waals surface area contributed by atoms with Crippen molar-refractivity contribution >= 4 is 11.8 Å². The Kier molecular flexibility index (Phi) is 5.32. The van der Waals surface area contributed by atoms with Crippen LogP contribution in [0.3, 0.4) is 0 Å². The highest BCUT2D eigenvalue weighted by Gasteiger charge is 2.32. The van der Waals surface area contributed by atoms with Crippen molar-refractivity contribution in [1.29, 1.82) is 0 Å². The van der Waals surface area contributed by atoms with Gasteiger partial charge in [0, 0.05) is 0 Å². The second-order valence-electron chi connectivity index (χ2n) is 4.76. The molecule has 20 heavy (non-hydrogen) atoms. The van der Waals surface area contributed by atoms with Gasteiger partial charge < -0.3 is 0 Å². The van der Waals surface area contributed by atoms with Crippen LogP contribution in [0.2, 0.25) is 0 Å². The standard InChI is InChI=1S/C19H20S/c1-3-5-16-20-19(4-2,17-12-8-6-9-13-17)18-14-10-7-11-15-18/h2,6-15H,3,5,16H2,1H3. The fourth-order valence-corrected chi connectivity index (χ4v) is 3.69. The molecular weight excluding hydrogens is 260 g/mol. The first-order valence-electron chi connectivity index (χ1n) is 7.06. The maximum atomic E-state index is 5.98. The number of rotatable bonds is 6. The highest BCUT2D eigenvalue weighted by molar-refractivity contribution is 8.00. The number of hydrogen-bond donors (Lipinski definition) is 0. The fraction of sp³-hybridized carbons (Fsp3) is 0.263. The molecule has 0 fully saturated rings. The van der Waals surface area contributed by atoms with Crippen LogP contribution in [0.15, 0.2) is 60.7 Å². The van der Waals surface area contributed by atoms with Crippen LogP contribution in [0.25, 0.3) is 0 Å². The van der Waals surface area contributed by atoms with Crippen molar-refractivity contribution in [3.05, 3.63) is 71.8 Å². The molecule has 0 aromatic heterocycles. The van der Waals surface area contributed by atoms with Gasteiger partial charge in [-0.25, -0.2) is 0 Å². The lowest BCUT2D eigenvalue weighted by molar-refractivity contribution is 0.884. The van der Waals surface area contributed by atoms with E-state index >= 15 is 0 Å². The summed E-state index contributed by atoms with van der Waals surface area (Å²) in [7, 11) is 0. The van der Waals surface area contributed by atoms with Gasteiger partial charge in [-0.05, 0) is 23.3 Å². The number of terminal acetylenes is 1. The third kappa shape index (κ3) is 3.08. The zero-order valence-corrected chi connectivity index (χ0v) is 12.7. The molecule has 2 aromatic rings. The lowest BCUT2D eigenvalue weighted by atomic mass is 9.91. The topological polar surface area (TPSA) is 0 Å². The minimum Gasteiger partial charge on any atom is -0.133 e. The van der Waals surface area contributed by atoms with Gasteiger partial charge in [0.1, 0.15) is 4.75 Å². The van der Waals surface area contributed by atoms with Crippen LogP contribution < -0.4 is 0 Å². The van der Waals surface area contributed by atoms with Gasteiger partial charge >= 0.3 is 0 Å². The molecule has 0 aliphatic heterocycles. The van der Waals surface area contributed by atoms with Crippen molar-refractivity contribution in [1.82, 2.24) is 0 Å². The lowest BCUT2D eigenvalue weighted by Crippen LogP contribution is -2.22. The van der Waals surface area contributed by atoms with Gasteiger partial charge in [0.05, 0.1) is 0 Å². The maximum absolute atomic E-state index is 5.98. The summed E-state index contributed by atoms with van der Waals surface area (Å²) in [6, 6.07) is 20.8. The summed E-state index contributed by atoms with van der Waals surface area (Å²) in [4.78, 5) is 0. The molecule has 0 aliphatic rings. The molecule has 0 spiro atoms. The summed E-state index contributed by atoms with van der Waals surface area (Å²) in [6.45, 7) is 2.21. The molecule has 0 N–H and O–H groups in total. The van der Waals surface area contributed by atoms with E-state index in [0.717, 1.165) is 5.75 Å². The summed E-state index contributed by atoms with van der Waals surface area (Å²) in [5, 5.41) is 0. The van der Waals surface area contributed by atoms with Crippen LogP contribution in [-0.2, 0) is 4.75 Å². The van der Waals surface area contributed by atoms with Gasteiger partial charge in [-0.2, -0.15) is 0 Å². The molecule has 102 valence electrons. The summed E-state index contributed by atoms with van der Waals surface area (Å²) >= 11 is 1.86. The SMILES string of the molecule is C#CC(SCCCC)(c1ccccc1)c1ccccc1. The number of thioether (sulfide) groups is 1. The van der Waals surface area contributed by atoms with Crippen LogP contribution in [-0.4, -0.2) is 5.75 Å². The molecule has 2 aromatic carbocycles. The van der Waals surface area contributed by atoms with E-state index < -0.39 is 0 Å². The summed E-state index contributed by atoms with van der Waals surface area (Å²) in [5.41, 5.74) is 2.38. The second kappa shape index (κ2) is 7.22. The van der Waals surface area contributed by atoms with Gasteiger partial charge in [0.2, 0.25) is 0 Å². The lowest BCUT2D eigenvalue weighted by Gasteiger charge is -2.29. The van der Waals surface area contributed by atoms with Crippen molar-refractivity contribution in [2.75, 3.05) is 5.75 Å². The zero-order valence-electron chi connectivity index (χ0n) is 11.9. The van der Waals surface area contributed by atoms with Crippen molar-refractivity contribution in [2.24, 2.45) is 0 Å². The van der Waals surface area contributed by atoms with Crippen molar-refractivity contribution in [3.8, 4) is 12.3 Å². The van der Waals surface area contributed by atoms with E-state index in [1.165, 1.54) is 24.0 Å². The molecule has 0 amide bonds. The quantitative estimate of drug-likeness (QED) is 0.524. The van der Waals surface area contributed by atoms with Crippen LogP contribution in [0.5, 0.6) is 0 Å². The van der Waals surface area contributed by atoms with E-state index in [1.54, 1.807) is 0 Å². The predicted molar refractivity (Wildman–Crippen MR) is 89.9 cm³/mol. The molecular formula is C19H20S. The average molecular weight is 280 g/mol. The molecule has 0 atom stereocenters. The van der Waals surface area contributed by atoms with Crippen LogP contribution in [0.1, 0.15) is 30.9 Å². The van der Waals surface area contributed by atoms with E-state index in [4.69, 9.17) is 6.42 Å². The molecule has 0 nitrogen and oxygen atoms in total. The molecule has 0 unspecified atom stereocenters. The van der Waals surface area contributed by atoms with E-state index in [9.17, 15) is 0 Å². The largest absolute Gasteiger partial charge is 0.133 e. The Labute approximate surface area is 126 Å². The number of hydrogen-bond acceptors (Lipinski definition) is 1. The Morgan fingerprint density at radius 3 is 1.85 bits per heavy atom. The molecule has 0 saturated carbocycles. The van der Waals surface area contributed by atoms with E-state index in [-0.39, 0.29) is 4.75 Å². The normalized spacial score (nSPS) is 11.0. The van der Waals surface area contributed by atoms with Crippen LogP contribution in [0.4, 0.5) is 0 Å². The molecule has 0 bridgehead atoms. The Balaban J connectivity index is 2.45. The highest BCUT2D eigenvalue weighted by Crippen LogP contribution is 2.42. The van der Waals surface area contributed by atoms with Gasteiger partial charge in [0.25, 0.3) is 0 Å². The molecule has 0 saturated heterocycles. The Morgan fingerprint density at radius 2 is 1.45 bits per heavy atom. The number of unbranched alkanes of at least 4 members (excludes halogenated alkanes) is 1. The fourth-order valence-electron chi connectivity index (χ4n) is 2.26. The molecule has 2 rings (SSSR count). The predicted octanol–water partition coefficient (Wildman–Crippen LogP) is 5.10. The van der Waals surface area contributed by atoms with Gasteiger partial charge in [0.15, 0.2) is 0 Å². The summed E-state index contributed by atoms with van der Waals surface area (Å²) in [5.74, 6) is 4.14. The first-order valence-corrected chi connectivity index (χ1v) is 8.05. The Bertz CT molecular complexity index is 512. The van der Waals surface area contributed by atoms with Crippen molar-refractivity contribution < 1.29 is 0 Å². The zero-order chi connectivity index (χ0) is 14.3. The smallest absolute Gasteiger partial charge is 0.126 e. The second-order valence-corrected chi connectivity index (χ2v) is 6.07. The first kappa shape index (κ1) is 14.8. The minimum atomic E-state index is -0.377. The first-order chi connectivity index (χ1) is 9.83. The van der Waals surface area contributed by atoms with Gasteiger partial charge in [-0.15, -0.1) is 18.2 Å². The molecule has 0 heterocycles. The van der Waals surface area contributed by atoms with Crippen molar-refractivity contribution in [3.63, 3.8) is 0 Å². The highest BCUT2D eigenvalue weighted by atomic mass is 32.2. The third-order valence-corrected chi connectivity index (χ3v) is 4.90. The van der Waals surface area contributed by atoms with Crippen LogP contribution in [0, 0.1) is 12.3 Å². The minimum absolute atomic E-state index is 0.377. The molecule has 0 radical (unpaired) electrons. The molecule has 1 heteroatoms. The third-order valence-electron chi connectivity index (χ3n) is 3.38. The molecule has 0 aliphatic carbocycles. The van der Waals surface area contributed by atoms with Crippen molar-refractivity contribution in [2.45, 2.75) is 24.5 Å². The summed E-state index contributed by atoms with van der Waals surface area (Å²) < 4.78 is -0.377. The Morgan fingerprint density at radius 1 is 0.950 bits per heavy atom. The van der Waals surface area contributed by atoms with Gasteiger partial charge in [-0.1, -0.05) is 79.9 Å². The number of benzene rings is 2. The van der Waals surface area contributed by atoms with Crippen LogP contribution >= 0.6 is 11.8 Å². The van der Waals surface area contributed by atoms with Gasteiger partial charge in [-0.3, -0.25) is 0 Å². The van der Waals surface area contributed by atoms with E-state index in [0.29, 0.717) is 0 Å². The van der Waals surface area contributed by atoms with E-state index in [2.05, 4.69) is 61.4 Å². The monoisotopic (exact) mass is 280 g/mol. The Hall–Kier alpha value is -1.65.